The van der Waals surface area contributed by atoms with Gasteiger partial charge in [-0.25, -0.2) is 0 Å². The van der Waals surface area contributed by atoms with Gasteiger partial charge in [-0.05, 0) is 25.8 Å². The van der Waals surface area contributed by atoms with Gasteiger partial charge in [0, 0.05) is 0 Å². The Morgan fingerprint density at radius 3 is 2.31 bits per heavy atom. The van der Waals surface area contributed by atoms with E-state index in [2.05, 4.69) is 12.2 Å². The molecule has 1 fully saturated rings. The van der Waals surface area contributed by atoms with Crippen molar-refractivity contribution in [3.05, 3.63) is 0 Å². The summed E-state index contributed by atoms with van der Waals surface area (Å²) in [5.41, 5.74) is -0.621. The van der Waals surface area contributed by atoms with Crippen LogP contribution in [0.25, 0.3) is 0 Å². The van der Waals surface area contributed by atoms with Crippen LogP contribution in [0.4, 0.5) is 0 Å². The molecule has 0 aromatic rings. The van der Waals surface area contributed by atoms with Crippen molar-refractivity contribution in [3.8, 4) is 0 Å². The van der Waals surface area contributed by atoms with Gasteiger partial charge in [0.1, 0.15) is 5.54 Å². The van der Waals surface area contributed by atoms with Crippen LogP contribution in [-0.4, -0.2) is 23.2 Å². The standard InChI is InChI=1S/C13H25NO2/c1-2-3-8-11-14-13(12(15)16)9-6-4-5-7-10-13/h14H,2-11H2,1H3,(H,15,16). The number of rotatable bonds is 6. The van der Waals surface area contributed by atoms with Crippen molar-refractivity contribution < 1.29 is 9.90 Å². The number of nitrogens with one attached hydrogen (secondary N) is 1. The predicted molar refractivity (Wildman–Crippen MR) is 65.6 cm³/mol. The van der Waals surface area contributed by atoms with E-state index < -0.39 is 11.5 Å². The SMILES string of the molecule is CCCCCNC1(C(=O)O)CCCCCC1. The Morgan fingerprint density at radius 2 is 1.81 bits per heavy atom. The lowest BCUT2D eigenvalue weighted by Gasteiger charge is -2.29. The van der Waals surface area contributed by atoms with Gasteiger partial charge in [0.25, 0.3) is 0 Å². The van der Waals surface area contributed by atoms with Gasteiger partial charge >= 0.3 is 5.97 Å². The molecule has 2 N–H and O–H groups in total. The van der Waals surface area contributed by atoms with Crippen LogP contribution in [-0.2, 0) is 4.79 Å². The summed E-state index contributed by atoms with van der Waals surface area (Å²) in [4.78, 5) is 11.4. The second-order valence-corrected chi connectivity index (χ2v) is 4.94. The molecule has 3 heteroatoms. The monoisotopic (exact) mass is 227 g/mol. The molecule has 0 radical (unpaired) electrons. The van der Waals surface area contributed by atoms with Gasteiger partial charge in [0.05, 0.1) is 0 Å². The molecular formula is C13H25NO2. The lowest BCUT2D eigenvalue weighted by molar-refractivity contribution is -0.145. The van der Waals surface area contributed by atoms with Gasteiger partial charge < -0.3 is 10.4 Å². The zero-order valence-corrected chi connectivity index (χ0v) is 10.4. The van der Waals surface area contributed by atoms with Gasteiger partial charge in [-0.1, -0.05) is 45.4 Å². The minimum Gasteiger partial charge on any atom is -0.480 e. The zero-order chi connectivity index (χ0) is 11.9. The number of carbonyl (C=O) groups is 1. The average Bonchev–Trinajstić information content (AvgIpc) is 2.51. The summed E-state index contributed by atoms with van der Waals surface area (Å²) in [6.07, 6.45) is 9.52. The third-order valence-corrected chi connectivity index (χ3v) is 3.61. The van der Waals surface area contributed by atoms with Crippen molar-refractivity contribution in [1.82, 2.24) is 5.32 Å². The maximum absolute atomic E-state index is 11.4. The fourth-order valence-electron chi connectivity index (χ4n) is 2.50. The Balaban J connectivity index is 2.46. The highest BCUT2D eigenvalue weighted by atomic mass is 16.4. The maximum atomic E-state index is 11.4. The highest BCUT2D eigenvalue weighted by Gasteiger charge is 2.37. The molecule has 0 aliphatic heterocycles. The van der Waals surface area contributed by atoms with Gasteiger partial charge in [0.2, 0.25) is 0 Å². The van der Waals surface area contributed by atoms with Crippen LogP contribution in [0.2, 0.25) is 0 Å². The van der Waals surface area contributed by atoms with Gasteiger partial charge in [-0.2, -0.15) is 0 Å². The lowest BCUT2D eigenvalue weighted by Crippen LogP contribution is -2.52. The second-order valence-electron chi connectivity index (χ2n) is 4.94. The van der Waals surface area contributed by atoms with E-state index in [-0.39, 0.29) is 0 Å². The molecule has 0 saturated heterocycles. The van der Waals surface area contributed by atoms with E-state index in [1.54, 1.807) is 0 Å². The van der Waals surface area contributed by atoms with E-state index in [1.807, 2.05) is 0 Å². The first-order chi connectivity index (χ1) is 7.71. The van der Waals surface area contributed by atoms with Crippen LogP contribution in [0.5, 0.6) is 0 Å². The molecule has 0 aromatic carbocycles. The summed E-state index contributed by atoms with van der Waals surface area (Å²) in [5, 5.41) is 12.7. The summed E-state index contributed by atoms with van der Waals surface area (Å²) in [6, 6.07) is 0. The number of hydrogen-bond donors (Lipinski definition) is 2. The van der Waals surface area contributed by atoms with Crippen LogP contribution in [0.15, 0.2) is 0 Å². The van der Waals surface area contributed by atoms with Crippen molar-refractivity contribution in [2.24, 2.45) is 0 Å². The summed E-state index contributed by atoms with van der Waals surface area (Å²) in [6.45, 7) is 3.01. The molecule has 1 saturated carbocycles. The lowest BCUT2D eigenvalue weighted by atomic mass is 9.90. The molecule has 3 nitrogen and oxygen atoms in total. The van der Waals surface area contributed by atoms with Crippen LogP contribution in [0.1, 0.15) is 64.7 Å². The molecule has 0 atom stereocenters. The third kappa shape index (κ3) is 3.78. The highest BCUT2D eigenvalue weighted by molar-refractivity contribution is 5.78. The molecule has 0 unspecified atom stereocenters. The Morgan fingerprint density at radius 1 is 1.19 bits per heavy atom. The Labute approximate surface area is 98.6 Å². The number of unbranched alkanes of at least 4 members (excludes halogenated alkanes) is 2. The van der Waals surface area contributed by atoms with E-state index in [0.29, 0.717) is 0 Å². The fraction of sp³-hybridized carbons (Fsp3) is 0.923. The molecule has 0 heterocycles. The number of hydrogen-bond acceptors (Lipinski definition) is 2. The first-order valence-corrected chi connectivity index (χ1v) is 6.70. The van der Waals surface area contributed by atoms with Crippen LogP contribution < -0.4 is 5.32 Å². The van der Waals surface area contributed by atoms with Gasteiger partial charge in [-0.3, -0.25) is 4.79 Å². The second kappa shape index (κ2) is 6.89. The summed E-state index contributed by atoms with van der Waals surface area (Å²) in [5.74, 6) is -0.647. The molecule has 16 heavy (non-hydrogen) atoms. The topological polar surface area (TPSA) is 49.3 Å². The molecule has 1 rings (SSSR count). The Bertz CT molecular complexity index is 208. The number of carboxylic acids is 1. The molecule has 0 spiro atoms. The average molecular weight is 227 g/mol. The van der Waals surface area contributed by atoms with E-state index in [0.717, 1.165) is 38.6 Å². The molecule has 0 bridgehead atoms. The highest BCUT2D eigenvalue weighted by Crippen LogP contribution is 2.27. The third-order valence-electron chi connectivity index (χ3n) is 3.61. The molecule has 0 amide bonds. The summed E-state index contributed by atoms with van der Waals surface area (Å²) < 4.78 is 0. The summed E-state index contributed by atoms with van der Waals surface area (Å²) >= 11 is 0. The number of aliphatic carboxylic acids is 1. The molecule has 1 aliphatic carbocycles. The fourth-order valence-corrected chi connectivity index (χ4v) is 2.50. The summed E-state index contributed by atoms with van der Waals surface area (Å²) in [7, 11) is 0. The van der Waals surface area contributed by atoms with Gasteiger partial charge in [0.15, 0.2) is 0 Å². The van der Waals surface area contributed by atoms with E-state index >= 15 is 0 Å². The van der Waals surface area contributed by atoms with E-state index in [4.69, 9.17) is 0 Å². The van der Waals surface area contributed by atoms with Crippen molar-refractivity contribution >= 4 is 5.97 Å². The molecule has 1 aliphatic rings. The van der Waals surface area contributed by atoms with Gasteiger partial charge in [-0.15, -0.1) is 0 Å². The first-order valence-electron chi connectivity index (χ1n) is 6.70. The van der Waals surface area contributed by atoms with E-state index in [9.17, 15) is 9.90 Å². The van der Waals surface area contributed by atoms with Crippen molar-refractivity contribution in [2.45, 2.75) is 70.3 Å². The quantitative estimate of drug-likeness (QED) is 0.542. The zero-order valence-electron chi connectivity index (χ0n) is 10.4. The van der Waals surface area contributed by atoms with Crippen LogP contribution in [0, 0.1) is 0 Å². The molecule has 94 valence electrons. The van der Waals surface area contributed by atoms with Crippen LogP contribution >= 0.6 is 0 Å². The number of carboxylic acid groups (broad SMARTS) is 1. The van der Waals surface area contributed by atoms with Crippen LogP contribution in [0.3, 0.4) is 0 Å². The maximum Gasteiger partial charge on any atom is 0.323 e. The molecule has 0 aromatic heterocycles. The van der Waals surface area contributed by atoms with E-state index in [1.165, 1.54) is 25.7 Å². The largest absolute Gasteiger partial charge is 0.480 e. The minimum atomic E-state index is -0.647. The Hall–Kier alpha value is -0.570. The molecular weight excluding hydrogens is 202 g/mol. The van der Waals surface area contributed by atoms with Crippen molar-refractivity contribution in [2.75, 3.05) is 6.54 Å². The minimum absolute atomic E-state index is 0.621. The predicted octanol–water partition coefficient (Wildman–Crippen LogP) is 2.94. The normalized spacial score (nSPS) is 20.3. The first kappa shape index (κ1) is 13.5. The van der Waals surface area contributed by atoms with Crippen molar-refractivity contribution in [3.63, 3.8) is 0 Å². The Kier molecular flexibility index (Phi) is 5.81. The smallest absolute Gasteiger partial charge is 0.323 e. The van der Waals surface area contributed by atoms with Crippen molar-refractivity contribution in [1.29, 1.82) is 0 Å².